The number of nitrogens with one attached hydrogen (secondary N) is 2. The Balaban J connectivity index is 1.25. The Morgan fingerprint density at radius 2 is 1.54 bits per heavy atom. The highest BCUT2D eigenvalue weighted by atomic mass is 16.5. The van der Waals surface area contributed by atoms with Crippen LogP contribution in [0.25, 0.3) is 10.8 Å². The highest BCUT2D eigenvalue weighted by Crippen LogP contribution is 2.32. The lowest BCUT2D eigenvalue weighted by atomic mass is 10.0. The van der Waals surface area contributed by atoms with E-state index >= 15 is 0 Å². The third-order valence-corrected chi connectivity index (χ3v) is 6.71. The minimum absolute atomic E-state index is 0.00558. The van der Waals surface area contributed by atoms with Crippen molar-refractivity contribution in [2.24, 2.45) is 5.92 Å². The van der Waals surface area contributed by atoms with Crippen LogP contribution in [0.3, 0.4) is 0 Å². The van der Waals surface area contributed by atoms with Gasteiger partial charge in [0.2, 0.25) is 5.91 Å². The van der Waals surface area contributed by atoms with Crippen LogP contribution in [0.4, 0.5) is 5.69 Å². The van der Waals surface area contributed by atoms with Crippen LogP contribution in [0.5, 0.6) is 0 Å². The van der Waals surface area contributed by atoms with E-state index in [4.69, 9.17) is 4.74 Å². The van der Waals surface area contributed by atoms with E-state index in [-0.39, 0.29) is 29.9 Å². The number of anilines is 1. The largest absolute Gasteiger partial charge is 0.373 e. The van der Waals surface area contributed by atoms with Crippen molar-refractivity contribution >= 4 is 28.3 Å². The molecule has 0 aromatic heterocycles. The van der Waals surface area contributed by atoms with E-state index < -0.39 is 0 Å². The molecule has 6 nitrogen and oxygen atoms in total. The maximum Gasteiger partial charge on any atom is 0.253 e. The first kappa shape index (κ1) is 23.5. The molecular weight excluding hydrogens is 438 g/mol. The normalized spacial score (nSPS) is 20.5. The van der Waals surface area contributed by atoms with Gasteiger partial charge in [0.15, 0.2) is 0 Å². The molecule has 2 aliphatic rings. The number of fused-ring (bicyclic) bond motifs is 1. The van der Waals surface area contributed by atoms with Gasteiger partial charge in [-0.1, -0.05) is 48.5 Å². The topological polar surface area (TPSA) is 70.7 Å². The molecule has 0 spiro atoms. The minimum atomic E-state index is -0.192. The minimum Gasteiger partial charge on any atom is -0.373 e. The number of morpholine rings is 1. The van der Waals surface area contributed by atoms with Gasteiger partial charge in [-0.05, 0) is 60.7 Å². The summed E-state index contributed by atoms with van der Waals surface area (Å²) in [6, 6.07) is 20.0. The van der Waals surface area contributed by atoms with E-state index in [0.29, 0.717) is 17.8 Å². The summed E-state index contributed by atoms with van der Waals surface area (Å²) in [7, 11) is 0. The van der Waals surface area contributed by atoms with Crippen molar-refractivity contribution in [2.45, 2.75) is 52.0 Å². The highest BCUT2D eigenvalue weighted by Gasteiger charge is 2.30. The lowest BCUT2D eigenvalue weighted by Gasteiger charge is -2.35. The molecule has 0 radical (unpaired) electrons. The Morgan fingerprint density at radius 3 is 2.20 bits per heavy atom. The first-order valence-corrected chi connectivity index (χ1v) is 12.5. The Hall–Kier alpha value is -3.22. The molecule has 1 saturated heterocycles. The lowest BCUT2D eigenvalue weighted by molar-refractivity contribution is -0.117. The van der Waals surface area contributed by atoms with Crippen LogP contribution in [0.1, 0.15) is 48.2 Å². The Bertz CT molecular complexity index is 1210. The molecule has 5 rings (SSSR count). The fraction of sp³-hybridized carbons (Fsp3) is 0.379. The molecule has 0 bridgehead atoms. The van der Waals surface area contributed by atoms with E-state index in [9.17, 15) is 9.59 Å². The Morgan fingerprint density at radius 1 is 0.914 bits per heavy atom. The van der Waals surface area contributed by atoms with Crippen LogP contribution in [0.15, 0.2) is 60.7 Å². The van der Waals surface area contributed by atoms with Gasteiger partial charge in [0.05, 0.1) is 23.5 Å². The monoisotopic (exact) mass is 471 g/mol. The fourth-order valence-electron chi connectivity index (χ4n) is 4.82. The predicted octanol–water partition coefficient (Wildman–Crippen LogP) is 4.73. The van der Waals surface area contributed by atoms with E-state index in [2.05, 4.69) is 53.6 Å². The van der Waals surface area contributed by atoms with Gasteiger partial charge in [0, 0.05) is 32.1 Å². The molecule has 182 valence electrons. The van der Waals surface area contributed by atoms with Crippen LogP contribution >= 0.6 is 0 Å². The van der Waals surface area contributed by atoms with Gasteiger partial charge in [-0.3, -0.25) is 14.5 Å². The summed E-state index contributed by atoms with van der Waals surface area (Å²) in [6.45, 7) is 7.43. The van der Waals surface area contributed by atoms with Crippen molar-refractivity contribution in [3.8, 4) is 0 Å². The number of carbonyl (C=O) groups excluding carboxylic acids is 2. The van der Waals surface area contributed by atoms with Crippen molar-refractivity contribution in [3.05, 3.63) is 77.4 Å². The number of carbonyl (C=O) groups is 2. The number of amides is 2. The van der Waals surface area contributed by atoms with Crippen molar-refractivity contribution in [1.82, 2.24) is 10.2 Å². The molecule has 2 fully saturated rings. The lowest BCUT2D eigenvalue weighted by Crippen LogP contribution is -2.44. The quantitative estimate of drug-likeness (QED) is 0.523. The standard InChI is InChI=1S/C29H33N3O3/c1-19-16-32(17-20(2)35-19)18-22-9-7-21(8-10-22)15-30-29(34)26-13-24-5-3-4-6-25(24)14-27(26)31-28(33)23-11-12-23/h3-10,13-14,19-20,23H,11-12,15-18H2,1-2H3,(H,30,34)(H,31,33). The molecule has 2 unspecified atom stereocenters. The fourth-order valence-corrected chi connectivity index (χ4v) is 4.82. The van der Waals surface area contributed by atoms with Crippen molar-refractivity contribution in [1.29, 1.82) is 0 Å². The summed E-state index contributed by atoms with van der Waals surface area (Å²) in [5.41, 5.74) is 3.35. The van der Waals surface area contributed by atoms with Gasteiger partial charge in [-0.25, -0.2) is 0 Å². The zero-order chi connectivity index (χ0) is 24.4. The van der Waals surface area contributed by atoms with E-state index in [1.54, 1.807) is 0 Å². The van der Waals surface area contributed by atoms with E-state index in [1.165, 1.54) is 5.56 Å². The second-order valence-corrected chi connectivity index (χ2v) is 9.96. The predicted molar refractivity (Wildman–Crippen MR) is 138 cm³/mol. The Kier molecular flexibility index (Phi) is 6.84. The van der Waals surface area contributed by atoms with E-state index in [0.717, 1.165) is 48.8 Å². The third kappa shape index (κ3) is 5.89. The SMILES string of the molecule is CC1CN(Cc2ccc(CNC(=O)c3cc4ccccc4cc3NC(=O)C3CC3)cc2)CC(C)O1. The first-order chi connectivity index (χ1) is 16.9. The maximum atomic E-state index is 13.2. The smallest absolute Gasteiger partial charge is 0.253 e. The average molecular weight is 472 g/mol. The second kappa shape index (κ2) is 10.2. The zero-order valence-corrected chi connectivity index (χ0v) is 20.4. The zero-order valence-electron chi connectivity index (χ0n) is 20.4. The number of rotatable bonds is 7. The van der Waals surface area contributed by atoms with Crippen molar-refractivity contribution in [2.75, 3.05) is 18.4 Å². The third-order valence-electron chi connectivity index (χ3n) is 6.71. The van der Waals surface area contributed by atoms with Crippen molar-refractivity contribution < 1.29 is 14.3 Å². The molecule has 2 N–H and O–H groups in total. The average Bonchev–Trinajstić information content (AvgIpc) is 3.68. The molecule has 1 heterocycles. The van der Waals surface area contributed by atoms with Crippen LogP contribution in [0.2, 0.25) is 0 Å². The molecule has 3 aromatic carbocycles. The van der Waals surface area contributed by atoms with Gasteiger partial charge in [-0.2, -0.15) is 0 Å². The molecular formula is C29H33N3O3. The summed E-state index contributed by atoms with van der Waals surface area (Å²) in [6.07, 6.45) is 2.34. The highest BCUT2D eigenvalue weighted by molar-refractivity contribution is 6.08. The van der Waals surface area contributed by atoms with Gasteiger partial charge in [0.1, 0.15) is 0 Å². The molecule has 2 atom stereocenters. The molecule has 3 aromatic rings. The molecule has 1 aliphatic carbocycles. The molecule has 6 heteroatoms. The summed E-state index contributed by atoms with van der Waals surface area (Å²) in [4.78, 5) is 28.0. The van der Waals surface area contributed by atoms with Gasteiger partial charge >= 0.3 is 0 Å². The van der Waals surface area contributed by atoms with Crippen molar-refractivity contribution in [3.63, 3.8) is 0 Å². The summed E-state index contributed by atoms with van der Waals surface area (Å²) < 4.78 is 5.83. The number of ether oxygens (including phenoxy) is 1. The van der Waals surface area contributed by atoms with Gasteiger partial charge in [-0.15, -0.1) is 0 Å². The van der Waals surface area contributed by atoms with Crippen LogP contribution in [-0.2, 0) is 22.6 Å². The number of hydrogen-bond donors (Lipinski definition) is 2. The van der Waals surface area contributed by atoms with Crippen LogP contribution < -0.4 is 10.6 Å². The molecule has 2 amide bonds. The number of benzene rings is 3. The van der Waals surface area contributed by atoms with Crippen LogP contribution in [-0.4, -0.2) is 42.0 Å². The molecule has 1 saturated carbocycles. The first-order valence-electron chi connectivity index (χ1n) is 12.5. The number of hydrogen-bond acceptors (Lipinski definition) is 4. The van der Waals surface area contributed by atoms with Crippen LogP contribution in [0, 0.1) is 5.92 Å². The summed E-state index contributed by atoms with van der Waals surface area (Å²) >= 11 is 0. The van der Waals surface area contributed by atoms with Gasteiger partial charge in [0.25, 0.3) is 5.91 Å². The second-order valence-electron chi connectivity index (χ2n) is 9.96. The summed E-state index contributed by atoms with van der Waals surface area (Å²) in [5.74, 6) is -0.129. The van der Waals surface area contributed by atoms with Gasteiger partial charge < -0.3 is 15.4 Å². The van der Waals surface area contributed by atoms with E-state index in [1.807, 2.05) is 36.4 Å². The Labute approximate surface area is 206 Å². The molecule has 35 heavy (non-hydrogen) atoms. The summed E-state index contributed by atoms with van der Waals surface area (Å²) in [5, 5.41) is 7.98. The number of nitrogens with zero attached hydrogens (tertiary/aromatic N) is 1. The maximum absolute atomic E-state index is 13.2. The molecule has 1 aliphatic heterocycles.